The van der Waals surface area contributed by atoms with E-state index in [1.807, 2.05) is 0 Å². The van der Waals surface area contributed by atoms with Gasteiger partial charge in [0, 0.05) is 24.4 Å². The standard InChI is InChI=1S/C21H35N3O/c1-15(2)21-22-13-18(14-23-21)17-9-11-24(12-10-17)19-5-7-20(8-6-19)25-16(3)4/h13-17,19-20H,5-12H2,1-4H3/t19-,20-. The highest BCUT2D eigenvalue weighted by atomic mass is 16.5. The van der Waals surface area contributed by atoms with Crippen molar-refractivity contribution < 1.29 is 4.74 Å². The van der Waals surface area contributed by atoms with Crippen LogP contribution in [-0.2, 0) is 4.74 Å². The van der Waals surface area contributed by atoms with Crippen LogP contribution >= 0.6 is 0 Å². The number of rotatable bonds is 5. The zero-order valence-corrected chi connectivity index (χ0v) is 16.4. The molecule has 1 saturated carbocycles. The first kappa shape index (κ1) is 18.8. The van der Waals surface area contributed by atoms with Gasteiger partial charge in [0.1, 0.15) is 5.82 Å². The maximum absolute atomic E-state index is 6.00. The first-order chi connectivity index (χ1) is 12.0. The fraction of sp³-hybridized carbons (Fsp3) is 0.810. The third-order valence-electron chi connectivity index (χ3n) is 5.83. The van der Waals surface area contributed by atoms with Gasteiger partial charge in [0.25, 0.3) is 0 Å². The highest BCUT2D eigenvalue weighted by Gasteiger charge is 2.30. The Hall–Kier alpha value is -1.00. The van der Waals surface area contributed by atoms with E-state index in [2.05, 4.69) is 55.0 Å². The van der Waals surface area contributed by atoms with Crippen LogP contribution < -0.4 is 0 Å². The van der Waals surface area contributed by atoms with E-state index in [-0.39, 0.29) is 0 Å². The third-order valence-corrected chi connectivity index (χ3v) is 5.83. The van der Waals surface area contributed by atoms with Gasteiger partial charge in [-0.1, -0.05) is 13.8 Å². The summed E-state index contributed by atoms with van der Waals surface area (Å²) in [6.07, 6.45) is 12.5. The molecule has 1 aromatic heterocycles. The molecule has 0 spiro atoms. The molecule has 0 aromatic carbocycles. The largest absolute Gasteiger partial charge is 0.376 e. The number of nitrogens with zero attached hydrogens (tertiary/aromatic N) is 3. The van der Waals surface area contributed by atoms with Crippen LogP contribution in [0.2, 0.25) is 0 Å². The molecule has 2 aliphatic rings. The molecule has 1 aromatic rings. The maximum Gasteiger partial charge on any atom is 0.130 e. The summed E-state index contributed by atoms with van der Waals surface area (Å²) >= 11 is 0. The van der Waals surface area contributed by atoms with Crippen molar-refractivity contribution >= 4 is 0 Å². The predicted octanol–water partition coefficient (Wildman–Crippen LogP) is 4.52. The van der Waals surface area contributed by atoms with Crippen LogP contribution in [0.25, 0.3) is 0 Å². The van der Waals surface area contributed by atoms with Crippen LogP contribution in [0.1, 0.15) is 89.4 Å². The highest BCUT2D eigenvalue weighted by molar-refractivity contribution is 5.14. The maximum atomic E-state index is 6.00. The molecule has 140 valence electrons. The molecule has 0 atom stereocenters. The average molecular weight is 346 g/mol. The van der Waals surface area contributed by atoms with Crippen LogP contribution in [0.4, 0.5) is 0 Å². The third kappa shape index (κ3) is 5.01. The normalized spacial score (nSPS) is 26.5. The number of aromatic nitrogens is 2. The Morgan fingerprint density at radius 2 is 1.52 bits per heavy atom. The Kier molecular flexibility index (Phi) is 6.45. The van der Waals surface area contributed by atoms with E-state index in [0.29, 0.717) is 24.0 Å². The predicted molar refractivity (Wildman–Crippen MR) is 102 cm³/mol. The number of likely N-dealkylation sites (tertiary alicyclic amines) is 1. The Morgan fingerprint density at radius 1 is 0.920 bits per heavy atom. The van der Waals surface area contributed by atoms with E-state index in [1.165, 1.54) is 57.2 Å². The summed E-state index contributed by atoms with van der Waals surface area (Å²) in [5.41, 5.74) is 1.33. The van der Waals surface area contributed by atoms with Crippen molar-refractivity contribution in [2.75, 3.05) is 13.1 Å². The van der Waals surface area contributed by atoms with Crippen molar-refractivity contribution in [1.82, 2.24) is 14.9 Å². The summed E-state index contributed by atoms with van der Waals surface area (Å²) in [5.74, 6) is 2.00. The minimum Gasteiger partial charge on any atom is -0.376 e. The first-order valence-electron chi connectivity index (χ1n) is 10.2. The summed E-state index contributed by atoms with van der Waals surface area (Å²) in [7, 11) is 0. The van der Waals surface area contributed by atoms with Crippen LogP contribution in [-0.4, -0.2) is 46.2 Å². The van der Waals surface area contributed by atoms with Gasteiger partial charge in [0.2, 0.25) is 0 Å². The first-order valence-corrected chi connectivity index (χ1v) is 10.2. The Bertz CT molecular complexity index is 512. The monoisotopic (exact) mass is 345 g/mol. The van der Waals surface area contributed by atoms with Gasteiger partial charge in [0.05, 0.1) is 12.2 Å². The quantitative estimate of drug-likeness (QED) is 0.786. The van der Waals surface area contributed by atoms with Crippen LogP contribution in [0.15, 0.2) is 12.4 Å². The second-order valence-electron chi connectivity index (χ2n) is 8.45. The summed E-state index contributed by atoms with van der Waals surface area (Å²) in [5, 5.41) is 0. The second kappa shape index (κ2) is 8.59. The molecular weight excluding hydrogens is 310 g/mol. The molecule has 2 fully saturated rings. The molecule has 1 aliphatic heterocycles. The topological polar surface area (TPSA) is 38.2 Å². The highest BCUT2D eigenvalue weighted by Crippen LogP contribution is 2.32. The summed E-state index contributed by atoms with van der Waals surface area (Å²) in [6, 6.07) is 0.771. The molecule has 3 rings (SSSR count). The molecule has 4 heteroatoms. The number of hydrogen-bond donors (Lipinski definition) is 0. The summed E-state index contributed by atoms with van der Waals surface area (Å²) in [6.45, 7) is 11.0. The lowest BCUT2D eigenvalue weighted by Crippen LogP contribution is -2.43. The van der Waals surface area contributed by atoms with Crippen molar-refractivity contribution in [2.45, 2.75) is 96.3 Å². The smallest absolute Gasteiger partial charge is 0.130 e. The zero-order chi connectivity index (χ0) is 17.8. The van der Waals surface area contributed by atoms with Crippen LogP contribution in [0.5, 0.6) is 0 Å². The molecule has 0 bridgehead atoms. The Balaban J connectivity index is 1.46. The second-order valence-corrected chi connectivity index (χ2v) is 8.45. The average Bonchev–Trinajstić information content (AvgIpc) is 2.62. The molecular formula is C21H35N3O. The fourth-order valence-electron chi connectivity index (χ4n) is 4.39. The van der Waals surface area contributed by atoms with E-state index in [4.69, 9.17) is 4.74 Å². The Morgan fingerprint density at radius 3 is 2.04 bits per heavy atom. The zero-order valence-electron chi connectivity index (χ0n) is 16.4. The minimum absolute atomic E-state index is 0.363. The van der Waals surface area contributed by atoms with Gasteiger partial charge in [-0.15, -0.1) is 0 Å². The van der Waals surface area contributed by atoms with Gasteiger partial charge in [-0.3, -0.25) is 0 Å². The van der Waals surface area contributed by atoms with Crippen LogP contribution in [0.3, 0.4) is 0 Å². The van der Waals surface area contributed by atoms with Gasteiger partial charge < -0.3 is 9.64 Å². The van der Waals surface area contributed by atoms with Gasteiger partial charge in [-0.05, 0) is 76.9 Å². The van der Waals surface area contributed by atoms with E-state index in [0.717, 1.165) is 11.9 Å². The molecule has 1 aliphatic carbocycles. The number of hydrogen-bond acceptors (Lipinski definition) is 4. The van der Waals surface area contributed by atoms with Crippen molar-refractivity contribution in [3.8, 4) is 0 Å². The van der Waals surface area contributed by atoms with Gasteiger partial charge in [-0.2, -0.15) is 0 Å². The fourth-order valence-corrected chi connectivity index (χ4v) is 4.39. The van der Waals surface area contributed by atoms with Gasteiger partial charge in [0.15, 0.2) is 0 Å². The van der Waals surface area contributed by atoms with Crippen LogP contribution in [0, 0.1) is 0 Å². The van der Waals surface area contributed by atoms with E-state index in [9.17, 15) is 0 Å². The van der Waals surface area contributed by atoms with Gasteiger partial charge in [-0.25, -0.2) is 9.97 Å². The molecule has 4 nitrogen and oxygen atoms in total. The van der Waals surface area contributed by atoms with E-state index >= 15 is 0 Å². The minimum atomic E-state index is 0.363. The molecule has 1 saturated heterocycles. The van der Waals surface area contributed by atoms with E-state index < -0.39 is 0 Å². The van der Waals surface area contributed by atoms with Crippen molar-refractivity contribution in [3.63, 3.8) is 0 Å². The lowest BCUT2D eigenvalue weighted by Gasteiger charge is -2.41. The van der Waals surface area contributed by atoms with Gasteiger partial charge >= 0.3 is 0 Å². The molecule has 0 radical (unpaired) electrons. The van der Waals surface area contributed by atoms with Crippen molar-refractivity contribution in [1.29, 1.82) is 0 Å². The number of ether oxygens (including phenoxy) is 1. The molecule has 0 amide bonds. The SMILES string of the molecule is CC(C)O[C@H]1CC[C@H](N2CCC(c3cnc(C(C)C)nc3)CC2)CC1. The lowest BCUT2D eigenvalue weighted by molar-refractivity contribution is -0.0282. The molecule has 0 N–H and O–H groups in total. The Labute approximate surface area is 153 Å². The lowest BCUT2D eigenvalue weighted by atomic mass is 9.87. The molecule has 2 heterocycles. The summed E-state index contributed by atoms with van der Waals surface area (Å²) < 4.78 is 6.00. The molecule has 25 heavy (non-hydrogen) atoms. The molecule has 0 unspecified atom stereocenters. The number of piperidine rings is 1. The van der Waals surface area contributed by atoms with Crippen molar-refractivity contribution in [3.05, 3.63) is 23.8 Å². The van der Waals surface area contributed by atoms with E-state index in [1.54, 1.807) is 0 Å². The van der Waals surface area contributed by atoms with Crippen molar-refractivity contribution in [2.24, 2.45) is 0 Å². The summed E-state index contributed by atoms with van der Waals surface area (Å²) in [4.78, 5) is 11.8.